The van der Waals surface area contributed by atoms with Gasteiger partial charge in [0.2, 0.25) is 5.91 Å². The fourth-order valence-electron chi connectivity index (χ4n) is 2.48. The van der Waals surface area contributed by atoms with Crippen LogP contribution < -0.4 is 5.32 Å². The topological polar surface area (TPSA) is 29.1 Å². The maximum Gasteiger partial charge on any atom is 0.225 e. The van der Waals surface area contributed by atoms with Crippen molar-refractivity contribution in [1.29, 1.82) is 0 Å². The van der Waals surface area contributed by atoms with Crippen LogP contribution in [-0.2, 0) is 16.8 Å². The lowest BCUT2D eigenvalue weighted by Crippen LogP contribution is -2.41. The molecule has 0 radical (unpaired) electrons. The summed E-state index contributed by atoms with van der Waals surface area (Å²) in [4.78, 5) is 12.3. The number of rotatable bonds is 4. The van der Waals surface area contributed by atoms with E-state index < -0.39 is 0 Å². The van der Waals surface area contributed by atoms with Crippen LogP contribution in [0.1, 0.15) is 36.1 Å². The van der Waals surface area contributed by atoms with Gasteiger partial charge in [0.25, 0.3) is 0 Å². The van der Waals surface area contributed by atoms with Crippen molar-refractivity contribution >= 4 is 5.91 Å². The van der Waals surface area contributed by atoms with E-state index in [4.69, 9.17) is 0 Å². The number of hydrogen-bond acceptors (Lipinski definition) is 1. The highest BCUT2D eigenvalue weighted by atomic mass is 16.1. The van der Waals surface area contributed by atoms with E-state index in [1.54, 1.807) is 0 Å². The van der Waals surface area contributed by atoms with Crippen LogP contribution in [0.5, 0.6) is 0 Å². The zero-order valence-electron chi connectivity index (χ0n) is 13.2. The molecule has 1 N–H and O–H groups in total. The summed E-state index contributed by atoms with van der Waals surface area (Å²) in [6.45, 7) is 8.18. The first kappa shape index (κ1) is 15.3. The number of carbonyl (C=O) groups is 1. The Bertz CT molecular complexity index is 644. The Morgan fingerprint density at radius 2 is 1.76 bits per heavy atom. The normalized spacial score (nSPS) is 11.2. The van der Waals surface area contributed by atoms with Crippen LogP contribution in [0.15, 0.2) is 48.5 Å². The summed E-state index contributed by atoms with van der Waals surface area (Å²) in [5, 5.41) is 3.14. The molecule has 0 heterocycles. The summed E-state index contributed by atoms with van der Waals surface area (Å²) < 4.78 is 0. The Morgan fingerprint density at radius 3 is 2.43 bits per heavy atom. The fourth-order valence-corrected chi connectivity index (χ4v) is 2.48. The van der Waals surface area contributed by atoms with Crippen LogP contribution in [0.3, 0.4) is 0 Å². The molecule has 2 nitrogen and oxygen atoms in total. The highest BCUT2D eigenvalue weighted by Crippen LogP contribution is 2.21. The molecule has 1 amide bonds. The maximum absolute atomic E-state index is 12.3. The van der Waals surface area contributed by atoms with Gasteiger partial charge in [-0.3, -0.25) is 4.79 Å². The third kappa shape index (κ3) is 3.94. The summed E-state index contributed by atoms with van der Waals surface area (Å²) in [5.41, 5.74) is 4.19. The van der Waals surface area contributed by atoms with Crippen LogP contribution in [0, 0.1) is 13.8 Å². The van der Waals surface area contributed by atoms with E-state index in [-0.39, 0.29) is 11.4 Å². The largest absolute Gasteiger partial charge is 0.347 e. The van der Waals surface area contributed by atoms with E-state index in [0.717, 1.165) is 16.7 Å². The molecule has 110 valence electrons. The van der Waals surface area contributed by atoms with Crippen molar-refractivity contribution in [2.75, 3.05) is 0 Å². The molecule has 0 saturated carbocycles. The van der Waals surface area contributed by atoms with Gasteiger partial charge in [0.05, 0.1) is 12.0 Å². The van der Waals surface area contributed by atoms with Crippen molar-refractivity contribution in [1.82, 2.24) is 5.32 Å². The molecule has 2 aromatic rings. The third-order valence-electron chi connectivity index (χ3n) is 3.80. The van der Waals surface area contributed by atoms with E-state index in [1.165, 1.54) is 5.56 Å². The highest BCUT2D eigenvalue weighted by molar-refractivity contribution is 5.79. The minimum Gasteiger partial charge on any atom is -0.347 e. The van der Waals surface area contributed by atoms with Gasteiger partial charge in [-0.2, -0.15) is 0 Å². The van der Waals surface area contributed by atoms with Gasteiger partial charge in [0.1, 0.15) is 0 Å². The summed E-state index contributed by atoms with van der Waals surface area (Å²) in [5.74, 6) is 0.0517. The second kappa shape index (κ2) is 6.13. The Kier molecular flexibility index (Phi) is 4.46. The SMILES string of the molecule is Cc1cccc(C(C)(C)NC(=O)Cc2ccccc2C)c1. The molecule has 2 rings (SSSR count). The molecular formula is C19H23NO. The first-order valence-corrected chi connectivity index (χ1v) is 7.31. The Hall–Kier alpha value is -2.09. The number of hydrogen-bond donors (Lipinski definition) is 1. The quantitative estimate of drug-likeness (QED) is 0.905. The molecular weight excluding hydrogens is 258 g/mol. The molecule has 21 heavy (non-hydrogen) atoms. The van der Waals surface area contributed by atoms with Crippen molar-refractivity contribution in [2.24, 2.45) is 0 Å². The van der Waals surface area contributed by atoms with E-state index in [1.807, 2.05) is 51.1 Å². The molecule has 2 heteroatoms. The van der Waals surface area contributed by atoms with Gasteiger partial charge >= 0.3 is 0 Å². The maximum atomic E-state index is 12.3. The monoisotopic (exact) mass is 281 g/mol. The minimum atomic E-state index is -0.369. The third-order valence-corrected chi connectivity index (χ3v) is 3.80. The van der Waals surface area contributed by atoms with Crippen LogP contribution in [0.2, 0.25) is 0 Å². The highest BCUT2D eigenvalue weighted by Gasteiger charge is 2.23. The molecule has 0 saturated heterocycles. The molecule has 0 spiro atoms. The predicted octanol–water partition coefficient (Wildman–Crippen LogP) is 3.90. The van der Waals surface area contributed by atoms with Crippen molar-refractivity contribution in [3.8, 4) is 0 Å². The van der Waals surface area contributed by atoms with Gasteiger partial charge in [0.15, 0.2) is 0 Å². The number of aryl methyl sites for hydroxylation is 2. The van der Waals surface area contributed by atoms with E-state index in [2.05, 4.69) is 30.4 Å². The lowest BCUT2D eigenvalue weighted by Gasteiger charge is -2.27. The van der Waals surface area contributed by atoms with Crippen LogP contribution in [0.25, 0.3) is 0 Å². The average molecular weight is 281 g/mol. The van der Waals surface area contributed by atoms with Crippen molar-refractivity contribution in [3.05, 3.63) is 70.8 Å². The summed E-state index contributed by atoms with van der Waals surface area (Å²) >= 11 is 0. The summed E-state index contributed by atoms with van der Waals surface area (Å²) in [7, 11) is 0. The molecule has 0 aliphatic heterocycles. The van der Waals surface area contributed by atoms with Crippen molar-refractivity contribution in [2.45, 2.75) is 39.7 Å². The van der Waals surface area contributed by atoms with Gasteiger partial charge in [-0.05, 0) is 44.4 Å². The van der Waals surface area contributed by atoms with Gasteiger partial charge < -0.3 is 5.32 Å². The van der Waals surface area contributed by atoms with Gasteiger partial charge in [-0.15, -0.1) is 0 Å². The van der Waals surface area contributed by atoms with Crippen molar-refractivity contribution in [3.63, 3.8) is 0 Å². The van der Waals surface area contributed by atoms with E-state index >= 15 is 0 Å². The first-order valence-electron chi connectivity index (χ1n) is 7.31. The molecule has 0 aliphatic rings. The second-order valence-electron chi connectivity index (χ2n) is 6.15. The number of nitrogens with one attached hydrogen (secondary N) is 1. The summed E-state index contributed by atoms with van der Waals surface area (Å²) in [6.07, 6.45) is 0.419. The average Bonchev–Trinajstić information content (AvgIpc) is 2.41. The zero-order valence-corrected chi connectivity index (χ0v) is 13.2. The first-order chi connectivity index (χ1) is 9.88. The van der Waals surface area contributed by atoms with E-state index in [9.17, 15) is 4.79 Å². The number of amides is 1. The molecule has 2 aromatic carbocycles. The molecule has 0 aliphatic carbocycles. The Labute approximate surface area is 127 Å². The smallest absolute Gasteiger partial charge is 0.225 e. The van der Waals surface area contributed by atoms with E-state index in [0.29, 0.717) is 6.42 Å². The van der Waals surface area contributed by atoms with Gasteiger partial charge in [0, 0.05) is 0 Å². The lowest BCUT2D eigenvalue weighted by molar-refractivity contribution is -0.122. The Balaban J connectivity index is 2.10. The predicted molar refractivity (Wildman–Crippen MR) is 87.2 cm³/mol. The number of benzene rings is 2. The molecule has 0 atom stereocenters. The van der Waals surface area contributed by atoms with Crippen LogP contribution >= 0.6 is 0 Å². The molecule has 0 fully saturated rings. The minimum absolute atomic E-state index is 0.0517. The molecule has 0 bridgehead atoms. The van der Waals surface area contributed by atoms with Crippen LogP contribution in [0.4, 0.5) is 0 Å². The fraction of sp³-hybridized carbons (Fsp3) is 0.316. The Morgan fingerprint density at radius 1 is 1.05 bits per heavy atom. The summed E-state index contributed by atoms with van der Waals surface area (Å²) in [6, 6.07) is 16.3. The number of carbonyl (C=O) groups excluding carboxylic acids is 1. The second-order valence-corrected chi connectivity index (χ2v) is 6.15. The van der Waals surface area contributed by atoms with Crippen molar-refractivity contribution < 1.29 is 4.79 Å². The van der Waals surface area contributed by atoms with Gasteiger partial charge in [-0.25, -0.2) is 0 Å². The standard InChI is InChI=1S/C19H23NO/c1-14-8-7-11-17(12-14)19(3,4)20-18(21)13-16-10-6-5-9-15(16)2/h5-12H,13H2,1-4H3,(H,20,21). The lowest BCUT2D eigenvalue weighted by atomic mass is 9.92. The van der Waals surface area contributed by atoms with Gasteiger partial charge in [-0.1, -0.05) is 54.1 Å². The van der Waals surface area contributed by atoms with Crippen LogP contribution in [-0.4, -0.2) is 5.91 Å². The zero-order chi connectivity index (χ0) is 15.5. The molecule has 0 unspecified atom stereocenters. The molecule has 0 aromatic heterocycles.